The number of rotatable bonds is 23. The zero-order valence-electron chi connectivity index (χ0n) is 77.4. The van der Waals surface area contributed by atoms with Crippen LogP contribution in [0, 0.1) is 6.92 Å². The Morgan fingerprint density at radius 3 is 0.857 bits per heavy atom. The Morgan fingerprint density at radius 2 is 0.619 bits per heavy atom. The standard InChI is InChI=1S/C21H32BNO6.C20H30BNO6.C18H21ClN4O4.C16H23NO4.C15H21NO5/c1-19(2,3)27-18(25)23-16(17(24)26-8)13-14-9-11-15(12-10-14)22-28-20(4,5)21(6,7)29-22;1-18(2,3)26-17(25)22-15(16(23)24)12-13-8-10-14(11-9-13)21-27-19(4,5)20(6,7)28-21;1-18(2,3)27-17(26)22-13(15(24)25)8-10-4-6-11(7-5-10)12-9-14(19)23-16(20)21-12;1-11-6-8-12(9-7-11)10-13(14(18)20-5)17-15(19)21-16(2,3)4;1-15(2,3)21-14(19)16-12(13(18)20-4)9-10-5-7-11(17)8-6-10/h9-12,16H,13H2,1-8H3,(H,23,25);8-11,15H,12H2,1-7H3,(H,22,25)(H,23,24);4-7,9,13H,8H2,1-3H3,(H,22,26)(H,24,25)(H2,20,21,23);6-9,13H,10H2,1-5H3,(H,17,19);5-8,12,17H,9H2,1-4H3,(H,16,19)/t16-;15-;2*13-;12-/m00000/s1. The summed E-state index contributed by atoms with van der Waals surface area (Å²) in [5.41, 5.74) is 8.82. The molecule has 0 unspecified atom stereocenters. The van der Waals surface area contributed by atoms with Crippen molar-refractivity contribution in [1.29, 1.82) is 0 Å². The summed E-state index contributed by atoms with van der Waals surface area (Å²) in [7, 11) is 2.90. The number of halogens is 1. The van der Waals surface area contributed by atoms with Gasteiger partial charge in [0.1, 0.15) is 69.1 Å². The predicted octanol–water partition coefficient (Wildman–Crippen LogP) is 12.6. The van der Waals surface area contributed by atoms with Crippen molar-refractivity contribution in [3.63, 3.8) is 0 Å². The van der Waals surface area contributed by atoms with Crippen molar-refractivity contribution in [2.45, 2.75) is 279 Å². The summed E-state index contributed by atoms with van der Waals surface area (Å²) >= 11 is 5.88. The minimum absolute atomic E-state index is 0.0640. The molecule has 5 aromatic carbocycles. The number of methoxy groups -OCH3 is 3. The number of carboxylic acid groups (broad SMARTS) is 2. The van der Waals surface area contributed by atoms with Gasteiger partial charge in [-0.2, -0.15) is 0 Å². The van der Waals surface area contributed by atoms with Crippen molar-refractivity contribution in [3.05, 3.63) is 166 Å². The number of hydrogen-bond acceptors (Lipinski definition) is 26. The monoisotopic (exact) mass is 1780 g/mol. The van der Waals surface area contributed by atoms with E-state index in [2.05, 4.69) is 41.3 Å². The highest BCUT2D eigenvalue weighted by molar-refractivity contribution is 6.62. The number of aromatic hydroxyl groups is 1. The zero-order valence-corrected chi connectivity index (χ0v) is 78.1. The topological polar surface area (TPSA) is 454 Å². The van der Waals surface area contributed by atoms with E-state index < -0.39 is 155 Å². The van der Waals surface area contributed by atoms with E-state index in [1.807, 2.05) is 135 Å². The number of nitrogens with zero attached hydrogens (tertiary/aromatic N) is 2. The third kappa shape index (κ3) is 38.3. The fourth-order valence-electron chi connectivity index (χ4n) is 11.2. The maximum atomic E-state index is 12.1. The van der Waals surface area contributed by atoms with Gasteiger partial charge in [-0.1, -0.05) is 126 Å². The summed E-state index contributed by atoms with van der Waals surface area (Å²) in [6.07, 6.45) is -2.41. The van der Waals surface area contributed by atoms with Gasteiger partial charge in [-0.15, -0.1) is 0 Å². The molecule has 1 aromatic heterocycles. The molecule has 33 nitrogen and oxygen atoms in total. The number of esters is 3. The molecule has 0 spiro atoms. The predicted molar refractivity (Wildman–Crippen MR) is 476 cm³/mol. The second kappa shape index (κ2) is 45.8. The largest absolute Gasteiger partial charge is 0.508 e. The van der Waals surface area contributed by atoms with E-state index in [0.29, 0.717) is 12.1 Å². The number of amides is 5. The Bertz CT molecular complexity index is 4470. The van der Waals surface area contributed by atoms with E-state index in [1.54, 1.807) is 146 Å². The van der Waals surface area contributed by atoms with Gasteiger partial charge in [0.25, 0.3) is 0 Å². The molecule has 690 valence electrons. The molecule has 0 radical (unpaired) electrons. The number of phenolic OH excluding ortho intramolecular Hbond substituents is 1. The zero-order chi connectivity index (χ0) is 95.6. The van der Waals surface area contributed by atoms with Crippen LogP contribution in [0.15, 0.2) is 127 Å². The quantitative estimate of drug-likeness (QED) is 0.0124. The number of alkyl carbamates (subject to hydrolysis) is 5. The molecule has 8 rings (SSSR count). The van der Waals surface area contributed by atoms with Gasteiger partial charge < -0.3 is 104 Å². The van der Waals surface area contributed by atoms with E-state index >= 15 is 0 Å². The SMILES string of the molecule is CC(C)(C)OC(=O)N[C@@H](Cc1ccc(-c2cc(Cl)nc(N)n2)cc1)C(=O)O.CC(C)(C)OC(=O)N[C@@H](Cc1ccc(B2OC(C)(C)C(C)(C)O2)cc1)C(=O)O.COC(=O)[C@H](Cc1ccc(B2OC(C)(C)C(C)(C)O2)cc1)NC(=O)OC(C)(C)C.COC(=O)[C@H](Cc1ccc(C)cc1)NC(=O)OC(C)(C)C.COC(=O)[C@H](Cc1ccc(O)cc1)NC(=O)OC(C)(C)C. The number of carbonyl (C=O) groups excluding carboxylic acids is 8. The number of nitrogens with two attached hydrogens (primary N) is 1. The van der Waals surface area contributed by atoms with Crippen LogP contribution < -0.4 is 43.2 Å². The van der Waals surface area contributed by atoms with E-state index in [-0.39, 0.29) is 42.5 Å². The van der Waals surface area contributed by atoms with Gasteiger partial charge in [0.15, 0.2) is 0 Å². The van der Waals surface area contributed by atoms with Crippen molar-refractivity contribution in [1.82, 2.24) is 36.6 Å². The number of aryl methyl sites for hydroxylation is 1. The second-order valence-electron chi connectivity index (χ2n) is 36.7. The lowest BCUT2D eigenvalue weighted by Gasteiger charge is -2.32. The summed E-state index contributed by atoms with van der Waals surface area (Å²) in [5, 5.41) is 40.6. The maximum absolute atomic E-state index is 12.1. The Balaban J connectivity index is 0.000000332. The summed E-state index contributed by atoms with van der Waals surface area (Å²) in [6.45, 7) is 44.0. The first-order valence-electron chi connectivity index (χ1n) is 40.7. The van der Waals surface area contributed by atoms with Crippen LogP contribution in [0.2, 0.25) is 5.15 Å². The molecule has 2 aliphatic heterocycles. The molecule has 2 saturated heterocycles. The highest BCUT2D eigenvalue weighted by Gasteiger charge is 2.53. The first-order chi connectivity index (χ1) is 57.9. The number of phenols is 1. The number of benzene rings is 5. The minimum atomic E-state index is -1.15. The normalized spacial score (nSPS) is 15.4. The molecule has 126 heavy (non-hydrogen) atoms. The van der Waals surface area contributed by atoms with Crippen LogP contribution in [-0.4, -0.2) is 202 Å². The number of anilines is 1. The van der Waals surface area contributed by atoms with Gasteiger partial charge in [0.2, 0.25) is 5.95 Å². The van der Waals surface area contributed by atoms with Crippen molar-refractivity contribution < 1.29 is 120 Å². The van der Waals surface area contributed by atoms with Gasteiger partial charge in [0.05, 0.1) is 49.4 Å². The van der Waals surface area contributed by atoms with E-state index in [9.17, 15) is 63.3 Å². The van der Waals surface area contributed by atoms with E-state index in [1.165, 1.54) is 33.5 Å². The maximum Gasteiger partial charge on any atom is 0.494 e. The average molecular weight is 1780 g/mol. The van der Waals surface area contributed by atoms with Crippen molar-refractivity contribution in [3.8, 4) is 17.0 Å². The van der Waals surface area contributed by atoms with Gasteiger partial charge in [-0.3, -0.25) is 0 Å². The molecule has 2 aliphatic rings. The summed E-state index contributed by atoms with van der Waals surface area (Å²) < 4.78 is 64.1. The molecular weight excluding hydrogens is 1650 g/mol. The Labute approximate surface area is 744 Å². The third-order valence-electron chi connectivity index (χ3n) is 18.7. The van der Waals surface area contributed by atoms with Crippen LogP contribution in [0.3, 0.4) is 0 Å². The molecule has 2 fully saturated rings. The molecule has 3 heterocycles. The fraction of sp³-hybridized carbons (Fsp3) is 0.511. The molecule has 6 aromatic rings. The third-order valence-corrected chi connectivity index (χ3v) is 18.9. The molecular formula is C90H127B2ClN8O25. The summed E-state index contributed by atoms with van der Waals surface area (Å²) in [5.74, 6) is -3.68. The number of nitrogen functional groups attached to an aromatic ring is 1. The molecule has 5 amide bonds. The summed E-state index contributed by atoms with van der Waals surface area (Å²) in [4.78, 5) is 126. The minimum Gasteiger partial charge on any atom is -0.508 e. The van der Waals surface area contributed by atoms with Gasteiger partial charge in [-0.05, 0) is 217 Å². The smallest absolute Gasteiger partial charge is 0.494 e. The Hall–Kier alpha value is -11.3. The molecule has 10 N–H and O–H groups in total. The number of hydrogen-bond donors (Lipinski definition) is 9. The van der Waals surface area contributed by atoms with Gasteiger partial charge >= 0.3 is 74.5 Å². The van der Waals surface area contributed by atoms with Crippen molar-refractivity contribution in [2.75, 3.05) is 27.1 Å². The summed E-state index contributed by atoms with van der Waals surface area (Å²) in [6, 6.07) is 32.9. The highest BCUT2D eigenvalue weighted by Crippen LogP contribution is 2.38. The van der Waals surface area contributed by atoms with Crippen LogP contribution in [0.5, 0.6) is 5.75 Å². The number of aliphatic carboxylic acids is 2. The first kappa shape index (κ1) is 107. The Morgan fingerprint density at radius 1 is 0.389 bits per heavy atom. The lowest BCUT2D eigenvalue weighted by atomic mass is 9.78. The van der Waals surface area contributed by atoms with Crippen LogP contribution in [-0.2, 0) is 113 Å². The van der Waals surface area contributed by atoms with Crippen LogP contribution in [0.1, 0.15) is 193 Å². The number of carbonyl (C=O) groups is 10. The second-order valence-corrected chi connectivity index (χ2v) is 37.1. The van der Waals surface area contributed by atoms with Crippen LogP contribution in [0.4, 0.5) is 29.9 Å². The average Bonchev–Trinajstić information content (AvgIpc) is 1.63. The van der Waals surface area contributed by atoms with Gasteiger partial charge in [-0.25, -0.2) is 57.9 Å². The molecule has 0 bridgehead atoms. The Kier molecular flexibility index (Phi) is 38.9. The van der Waals surface area contributed by atoms with Gasteiger partial charge in [0, 0.05) is 43.7 Å². The lowest BCUT2D eigenvalue weighted by Crippen LogP contribution is -2.45. The highest BCUT2D eigenvalue weighted by atomic mass is 35.5. The number of ether oxygens (including phenoxy) is 8. The molecule has 0 aliphatic carbocycles. The number of nitrogens with one attached hydrogen (secondary N) is 5. The number of aromatic nitrogens is 2. The van der Waals surface area contributed by atoms with E-state index in [4.69, 9.17) is 69.1 Å². The fourth-order valence-corrected chi connectivity index (χ4v) is 11.4. The molecule has 0 saturated carbocycles. The van der Waals surface area contributed by atoms with Crippen molar-refractivity contribution in [2.24, 2.45) is 0 Å². The van der Waals surface area contributed by atoms with Crippen molar-refractivity contribution >= 4 is 103 Å². The lowest BCUT2D eigenvalue weighted by molar-refractivity contribution is -0.143. The first-order valence-corrected chi connectivity index (χ1v) is 41.1. The molecule has 5 atom stereocenters. The number of carboxylic acids is 2. The van der Waals surface area contributed by atoms with E-state index in [0.717, 1.165) is 49.9 Å². The molecule has 36 heteroatoms. The van der Waals surface area contributed by atoms with Crippen LogP contribution in [0.25, 0.3) is 11.3 Å². The van der Waals surface area contributed by atoms with Crippen LogP contribution >= 0.6 is 11.6 Å².